The molecule has 0 aliphatic carbocycles. The number of benzene rings is 2. The highest BCUT2D eigenvalue weighted by atomic mass is 19.1. The molecule has 0 fully saturated rings. The zero-order valence-electron chi connectivity index (χ0n) is 12.4. The zero-order valence-corrected chi connectivity index (χ0v) is 12.4. The number of nitrogens with one attached hydrogen (secondary N) is 1. The lowest BCUT2D eigenvalue weighted by Crippen LogP contribution is -2.24. The van der Waals surface area contributed by atoms with Crippen LogP contribution in [0.25, 0.3) is 33.1 Å². The minimum Gasteiger partial charge on any atom is -0.408 e. The summed E-state index contributed by atoms with van der Waals surface area (Å²) in [6, 6.07) is 9.69. The number of rotatable bonds is 3. The lowest BCUT2D eigenvalue weighted by Gasteiger charge is -2.02. The second kappa shape index (κ2) is 5.09. The summed E-state index contributed by atoms with van der Waals surface area (Å²) in [5.74, 6) is -1.59. The van der Waals surface area contributed by atoms with Gasteiger partial charge in [0, 0.05) is 22.7 Å². The van der Waals surface area contributed by atoms with Crippen molar-refractivity contribution < 1.29 is 13.6 Å². The van der Waals surface area contributed by atoms with Gasteiger partial charge in [0.2, 0.25) is 5.91 Å². The first-order valence-electron chi connectivity index (χ1n) is 7.21. The molecule has 24 heavy (non-hydrogen) atoms. The Labute approximate surface area is 134 Å². The Balaban J connectivity index is 1.93. The molecule has 0 aliphatic heterocycles. The molecular formula is C17H12FN3O3. The van der Waals surface area contributed by atoms with Crippen molar-refractivity contribution in [3.63, 3.8) is 0 Å². The SMILES string of the molecule is NC(=O)Cn1c(=O)oc2ccc(-c3c[nH]c4cc(F)ccc34)cc21. The molecule has 0 atom stereocenters. The first-order valence-corrected chi connectivity index (χ1v) is 7.21. The Morgan fingerprint density at radius 3 is 2.88 bits per heavy atom. The average Bonchev–Trinajstić information content (AvgIpc) is 3.08. The molecule has 0 saturated heterocycles. The number of carbonyl (C=O) groups excluding carboxylic acids is 1. The van der Waals surface area contributed by atoms with E-state index < -0.39 is 11.7 Å². The summed E-state index contributed by atoms with van der Waals surface area (Å²) in [6.45, 7) is -0.256. The highest BCUT2D eigenvalue weighted by Crippen LogP contribution is 2.31. The van der Waals surface area contributed by atoms with Gasteiger partial charge >= 0.3 is 5.76 Å². The third-order valence-electron chi connectivity index (χ3n) is 3.94. The van der Waals surface area contributed by atoms with Crippen LogP contribution >= 0.6 is 0 Å². The number of nitrogens with two attached hydrogens (primary N) is 1. The van der Waals surface area contributed by atoms with E-state index in [-0.39, 0.29) is 12.4 Å². The molecule has 0 saturated carbocycles. The normalized spacial score (nSPS) is 11.4. The molecule has 0 aliphatic rings. The number of aromatic amines is 1. The van der Waals surface area contributed by atoms with Crippen LogP contribution in [0.3, 0.4) is 0 Å². The summed E-state index contributed by atoms with van der Waals surface area (Å²) in [5, 5.41) is 0.850. The summed E-state index contributed by atoms with van der Waals surface area (Å²) in [7, 11) is 0. The Morgan fingerprint density at radius 2 is 2.08 bits per heavy atom. The number of fused-ring (bicyclic) bond motifs is 2. The Morgan fingerprint density at radius 1 is 1.25 bits per heavy atom. The Hall–Kier alpha value is -3.35. The molecule has 2 heterocycles. The van der Waals surface area contributed by atoms with Crippen LogP contribution < -0.4 is 11.5 Å². The number of hydrogen-bond donors (Lipinski definition) is 2. The molecule has 0 radical (unpaired) electrons. The van der Waals surface area contributed by atoms with Crippen LogP contribution in [-0.4, -0.2) is 15.5 Å². The quantitative estimate of drug-likeness (QED) is 0.605. The molecule has 7 heteroatoms. The number of carbonyl (C=O) groups is 1. The van der Waals surface area contributed by atoms with Gasteiger partial charge in [-0.25, -0.2) is 9.18 Å². The molecule has 1 amide bonds. The molecule has 4 aromatic rings. The minimum absolute atomic E-state index is 0.256. The number of primary amides is 1. The fraction of sp³-hybridized carbons (Fsp3) is 0.0588. The van der Waals surface area contributed by atoms with Gasteiger partial charge < -0.3 is 15.1 Å². The summed E-state index contributed by atoms with van der Waals surface area (Å²) < 4.78 is 19.6. The highest BCUT2D eigenvalue weighted by Gasteiger charge is 2.14. The number of amides is 1. The first kappa shape index (κ1) is 14.3. The number of nitrogens with zero attached hydrogens (tertiary/aromatic N) is 1. The van der Waals surface area contributed by atoms with E-state index in [1.54, 1.807) is 30.5 Å². The molecule has 0 bridgehead atoms. The van der Waals surface area contributed by atoms with E-state index >= 15 is 0 Å². The van der Waals surface area contributed by atoms with Crippen LogP contribution in [0.2, 0.25) is 0 Å². The van der Waals surface area contributed by atoms with Crippen LogP contribution in [0, 0.1) is 5.82 Å². The molecule has 0 spiro atoms. The minimum atomic E-state index is -0.637. The maximum absolute atomic E-state index is 13.3. The van der Waals surface area contributed by atoms with Crippen molar-refractivity contribution in [1.82, 2.24) is 9.55 Å². The zero-order chi connectivity index (χ0) is 16.8. The van der Waals surface area contributed by atoms with Crippen LogP contribution in [0.15, 0.2) is 51.8 Å². The molecule has 2 aromatic heterocycles. The van der Waals surface area contributed by atoms with Crippen LogP contribution in [0.5, 0.6) is 0 Å². The lowest BCUT2D eigenvalue weighted by atomic mass is 10.0. The van der Waals surface area contributed by atoms with Gasteiger partial charge in [-0.05, 0) is 35.9 Å². The fourth-order valence-corrected chi connectivity index (χ4v) is 2.87. The number of hydrogen-bond acceptors (Lipinski definition) is 3. The standard InChI is InChI=1S/C17H12FN3O3/c18-10-2-3-11-12(7-20-13(11)6-10)9-1-4-15-14(5-9)21(8-16(19)22)17(23)24-15/h1-7,20H,8H2,(H2,19,22). The largest absolute Gasteiger partial charge is 0.420 e. The summed E-state index contributed by atoms with van der Waals surface area (Å²) in [5.41, 5.74) is 8.37. The fourth-order valence-electron chi connectivity index (χ4n) is 2.87. The maximum atomic E-state index is 13.3. The van der Waals surface area contributed by atoms with Crippen molar-refractivity contribution in [2.75, 3.05) is 0 Å². The molecular weight excluding hydrogens is 313 g/mol. The lowest BCUT2D eigenvalue weighted by molar-refractivity contribution is -0.118. The van der Waals surface area contributed by atoms with E-state index in [2.05, 4.69) is 4.98 Å². The molecule has 2 aromatic carbocycles. The second-order valence-corrected chi connectivity index (χ2v) is 5.50. The van der Waals surface area contributed by atoms with E-state index in [1.807, 2.05) is 0 Å². The predicted molar refractivity (Wildman–Crippen MR) is 86.9 cm³/mol. The van der Waals surface area contributed by atoms with Gasteiger partial charge in [0.25, 0.3) is 0 Å². The number of aromatic nitrogens is 2. The van der Waals surface area contributed by atoms with E-state index in [1.165, 1.54) is 16.7 Å². The number of oxazole rings is 1. The van der Waals surface area contributed by atoms with Crippen molar-refractivity contribution in [3.05, 3.63) is 59.0 Å². The molecule has 6 nitrogen and oxygen atoms in total. The van der Waals surface area contributed by atoms with Crippen molar-refractivity contribution in [3.8, 4) is 11.1 Å². The number of H-pyrrole nitrogens is 1. The van der Waals surface area contributed by atoms with Gasteiger partial charge in [0.05, 0.1) is 5.52 Å². The van der Waals surface area contributed by atoms with Crippen LogP contribution in [-0.2, 0) is 11.3 Å². The van der Waals surface area contributed by atoms with Crippen molar-refractivity contribution in [2.45, 2.75) is 6.54 Å². The molecule has 0 unspecified atom stereocenters. The van der Waals surface area contributed by atoms with Gasteiger partial charge in [0.15, 0.2) is 5.58 Å². The van der Waals surface area contributed by atoms with Crippen molar-refractivity contribution >= 4 is 27.9 Å². The summed E-state index contributed by atoms with van der Waals surface area (Å²) in [6.07, 6.45) is 1.77. The Kier molecular flexibility index (Phi) is 3.02. The third-order valence-corrected chi connectivity index (χ3v) is 3.94. The van der Waals surface area contributed by atoms with E-state index in [9.17, 15) is 14.0 Å². The van der Waals surface area contributed by atoms with E-state index in [0.29, 0.717) is 16.6 Å². The predicted octanol–water partition coefficient (Wildman–Crippen LogP) is 2.37. The van der Waals surface area contributed by atoms with Crippen LogP contribution in [0.4, 0.5) is 4.39 Å². The molecule has 3 N–H and O–H groups in total. The van der Waals surface area contributed by atoms with Gasteiger partial charge in [-0.15, -0.1) is 0 Å². The van der Waals surface area contributed by atoms with Crippen molar-refractivity contribution in [1.29, 1.82) is 0 Å². The topological polar surface area (TPSA) is 94.0 Å². The maximum Gasteiger partial charge on any atom is 0.420 e. The van der Waals surface area contributed by atoms with Gasteiger partial charge in [-0.2, -0.15) is 0 Å². The van der Waals surface area contributed by atoms with Crippen molar-refractivity contribution in [2.24, 2.45) is 5.73 Å². The Bertz CT molecular complexity index is 1150. The monoisotopic (exact) mass is 325 g/mol. The average molecular weight is 325 g/mol. The van der Waals surface area contributed by atoms with E-state index in [4.69, 9.17) is 10.2 Å². The summed E-state index contributed by atoms with van der Waals surface area (Å²) >= 11 is 0. The second-order valence-electron chi connectivity index (χ2n) is 5.50. The van der Waals surface area contributed by atoms with Gasteiger partial charge in [0.1, 0.15) is 12.4 Å². The molecule has 4 rings (SSSR count). The van der Waals surface area contributed by atoms with Crippen LogP contribution in [0.1, 0.15) is 0 Å². The smallest absolute Gasteiger partial charge is 0.408 e. The third kappa shape index (κ3) is 2.18. The van der Waals surface area contributed by atoms with Gasteiger partial charge in [-0.3, -0.25) is 9.36 Å². The van der Waals surface area contributed by atoms with E-state index in [0.717, 1.165) is 16.5 Å². The summed E-state index contributed by atoms with van der Waals surface area (Å²) in [4.78, 5) is 26.0. The van der Waals surface area contributed by atoms with Gasteiger partial charge in [-0.1, -0.05) is 6.07 Å². The highest BCUT2D eigenvalue weighted by molar-refractivity contribution is 5.97. The first-order chi connectivity index (χ1) is 11.5. The molecule has 120 valence electrons. The number of halogens is 1.